The molecule has 1 saturated heterocycles. The van der Waals surface area contributed by atoms with Gasteiger partial charge in [0.1, 0.15) is 0 Å². The van der Waals surface area contributed by atoms with E-state index in [9.17, 15) is 4.79 Å². The number of amides is 1. The van der Waals surface area contributed by atoms with Crippen LogP contribution in [0.3, 0.4) is 0 Å². The molecule has 2 aromatic heterocycles. The van der Waals surface area contributed by atoms with Crippen molar-refractivity contribution >= 4 is 28.3 Å². The number of nitrogens with one attached hydrogen (secondary N) is 2. The van der Waals surface area contributed by atoms with Gasteiger partial charge in [-0.25, -0.2) is 0 Å². The van der Waals surface area contributed by atoms with E-state index in [0.29, 0.717) is 19.5 Å². The quantitative estimate of drug-likeness (QED) is 0.617. The van der Waals surface area contributed by atoms with Crippen LogP contribution in [-0.4, -0.2) is 46.9 Å². The molecular formula is C21H26N6O. The number of aromatic nitrogens is 3. The van der Waals surface area contributed by atoms with Crippen molar-refractivity contribution in [3.63, 3.8) is 0 Å². The van der Waals surface area contributed by atoms with Gasteiger partial charge in [0, 0.05) is 56.4 Å². The first kappa shape index (κ1) is 18.3. The Morgan fingerprint density at radius 2 is 2.00 bits per heavy atom. The predicted molar refractivity (Wildman–Crippen MR) is 112 cm³/mol. The highest BCUT2D eigenvalue weighted by molar-refractivity contribution is 5.89. The van der Waals surface area contributed by atoms with Crippen molar-refractivity contribution in [3.8, 4) is 0 Å². The molecule has 3 aromatic rings. The molecule has 0 saturated carbocycles. The molecule has 2 N–H and O–H groups in total. The molecule has 1 aromatic carbocycles. The number of hydrogen-bond donors (Lipinski definition) is 2. The topological polar surface area (TPSA) is 75.1 Å². The van der Waals surface area contributed by atoms with Gasteiger partial charge in [-0.05, 0) is 24.5 Å². The van der Waals surface area contributed by atoms with E-state index in [2.05, 4.69) is 42.4 Å². The number of anilines is 2. The number of fused-ring (bicyclic) bond motifs is 1. The molecule has 3 heterocycles. The molecule has 7 heteroatoms. The van der Waals surface area contributed by atoms with Crippen LogP contribution in [0.25, 0.3) is 10.9 Å². The Morgan fingerprint density at radius 1 is 1.18 bits per heavy atom. The zero-order valence-corrected chi connectivity index (χ0v) is 16.2. The fourth-order valence-electron chi connectivity index (χ4n) is 3.79. The first-order valence-electron chi connectivity index (χ1n) is 9.82. The van der Waals surface area contributed by atoms with E-state index in [1.54, 1.807) is 0 Å². The van der Waals surface area contributed by atoms with Gasteiger partial charge in [0.05, 0.1) is 18.3 Å². The van der Waals surface area contributed by atoms with E-state index >= 15 is 0 Å². The van der Waals surface area contributed by atoms with Crippen molar-refractivity contribution in [1.29, 1.82) is 0 Å². The van der Waals surface area contributed by atoms with Crippen molar-refractivity contribution in [2.24, 2.45) is 7.05 Å². The van der Waals surface area contributed by atoms with Crippen LogP contribution in [0.2, 0.25) is 0 Å². The number of aryl methyl sites for hydroxylation is 1. The van der Waals surface area contributed by atoms with Crippen LogP contribution in [0.1, 0.15) is 18.4 Å². The number of rotatable bonds is 7. The minimum absolute atomic E-state index is 0.0232. The summed E-state index contributed by atoms with van der Waals surface area (Å²) in [6.07, 6.45) is 6.68. The summed E-state index contributed by atoms with van der Waals surface area (Å²) in [5, 5.41) is 15.6. The summed E-state index contributed by atoms with van der Waals surface area (Å²) in [6, 6.07) is 10.2. The third-order valence-corrected chi connectivity index (χ3v) is 5.20. The largest absolute Gasteiger partial charge is 0.370 e. The lowest BCUT2D eigenvalue weighted by molar-refractivity contribution is -0.120. The zero-order valence-electron chi connectivity index (χ0n) is 16.2. The number of hydrogen-bond acceptors (Lipinski definition) is 5. The molecule has 1 amide bonds. The van der Waals surface area contributed by atoms with Gasteiger partial charge in [-0.2, -0.15) is 5.10 Å². The van der Waals surface area contributed by atoms with Gasteiger partial charge in [-0.1, -0.05) is 18.2 Å². The molecule has 146 valence electrons. The fraction of sp³-hybridized carbons (Fsp3) is 0.381. The van der Waals surface area contributed by atoms with E-state index < -0.39 is 0 Å². The Kier molecular flexibility index (Phi) is 5.41. The first-order valence-corrected chi connectivity index (χ1v) is 9.82. The highest BCUT2D eigenvalue weighted by atomic mass is 16.1. The monoisotopic (exact) mass is 378 g/mol. The van der Waals surface area contributed by atoms with E-state index in [1.165, 1.54) is 12.8 Å². The van der Waals surface area contributed by atoms with Crippen molar-refractivity contribution in [2.45, 2.75) is 19.3 Å². The van der Waals surface area contributed by atoms with Gasteiger partial charge in [0.2, 0.25) is 5.91 Å². The molecule has 0 atom stereocenters. The van der Waals surface area contributed by atoms with Crippen LogP contribution in [0.4, 0.5) is 11.5 Å². The predicted octanol–water partition coefficient (Wildman–Crippen LogP) is 2.34. The first-order chi connectivity index (χ1) is 13.7. The van der Waals surface area contributed by atoms with E-state index in [1.807, 2.05) is 37.6 Å². The average Bonchev–Trinajstić information content (AvgIpc) is 3.35. The summed E-state index contributed by atoms with van der Waals surface area (Å²) in [5.74, 6) is 0.766. The zero-order chi connectivity index (χ0) is 19.3. The minimum atomic E-state index is 0.0232. The molecule has 4 rings (SSSR count). The summed E-state index contributed by atoms with van der Waals surface area (Å²) in [7, 11) is 2.00. The van der Waals surface area contributed by atoms with Gasteiger partial charge in [0.15, 0.2) is 5.82 Å². The van der Waals surface area contributed by atoms with Crippen LogP contribution in [0.5, 0.6) is 0 Å². The molecule has 0 unspecified atom stereocenters. The summed E-state index contributed by atoms with van der Waals surface area (Å²) < 4.78 is 2.06. The lowest BCUT2D eigenvalue weighted by Crippen LogP contribution is -2.30. The molecule has 28 heavy (non-hydrogen) atoms. The highest BCUT2D eigenvalue weighted by Gasteiger charge is 2.13. The molecule has 1 aliphatic heterocycles. The third kappa shape index (κ3) is 4.08. The van der Waals surface area contributed by atoms with E-state index in [0.717, 1.165) is 41.1 Å². The standard InChI is InChI=1S/C21H26N6O/c1-26-15-16(18-6-2-3-7-19(18)26)12-21(28)23-9-8-22-20-13-17(14-24-25-20)27-10-4-5-11-27/h2-3,6-7,13-15H,4-5,8-12H2,1H3,(H,22,25)(H,23,28). The number of carbonyl (C=O) groups excluding carboxylic acids is 1. The van der Waals surface area contributed by atoms with Gasteiger partial charge in [-0.15, -0.1) is 5.10 Å². The summed E-state index contributed by atoms with van der Waals surface area (Å²) in [5.41, 5.74) is 3.30. The molecule has 0 spiro atoms. The molecule has 1 aliphatic rings. The summed E-state index contributed by atoms with van der Waals surface area (Å²) in [4.78, 5) is 14.6. The van der Waals surface area contributed by atoms with Gasteiger partial charge in [-0.3, -0.25) is 4.79 Å². The molecule has 0 radical (unpaired) electrons. The third-order valence-electron chi connectivity index (χ3n) is 5.20. The lowest BCUT2D eigenvalue weighted by Gasteiger charge is -2.17. The maximum Gasteiger partial charge on any atom is 0.224 e. The van der Waals surface area contributed by atoms with E-state index in [4.69, 9.17) is 0 Å². The molecular weight excluding hydrogens is 352 g/mol. The smallest absolute Gasteiger partial charge is 0.224 e. The maximum atomic E-state index is 12.3. The fourth-order valence-corrected chi connectivity index (χ4v) is 3.79. The number of carbonyl (C=O) groups is 1. The van der Waals surface area contributed by atoms with Crippen molar-refractivity contribution in [1.82, 2.24) is 20.1 Å². The molecule has 0 aliphatic carbocycles. The lowest BCUT2D eigenvalue weighted by atomic mass is 10.1. The van der Waals surface area contributed by atoms with Crippen molar-refractivity contribution in [3.05, 3.63) is 48.3 Å². The maximum absolute atomic E-state index is 12.3. The minimum Gasteiger partial charge on any atom is -0.370 e. The van der Waals surface area contributed by atoms with Gasteiger partial charge >= 0.3 is 0 Å². The van der Waals surface area contributed by atoms with Crippen LogP contribution >= 0.6 is 0 Å². The number of nitrogens with zero attached hydrogens (tertiary/aromatic N) is 4. The van der Waals surface area contributed by atoms with Crippen LogP contribution in [0.15, 0.2) is 42.7 Å². The summed E-state index contributed by atoms with van der Waals surface area (Å²) in [6.45, 7) is 3.31. The highest BCUT2D eigenvalue weighted by Crippen LogP contribution is 2.21. The van der Waals surface area contributed by atoms with Crippen molar-refractivity contribution in [2.75, 3.05) is 36.4 Å². The average molecular weight is 378 g/mol. The Balaban J connectivity index is 1.26. The van der Waals surface area contributed by atoms with Crippen molar-refractivity contribution < 1.29 is 4.79 Å². The second kappa shape index (κ2) is 8.29. The Labute approximate surface area is 164 Å². The molecule has 1 fully saturated rings. The van der Waals surface area contributed by atoms with Gasteiger partial charge < -0.3 is 20.1 Å². The Bertz CT molecular complexity index is 960. The summed E-state index contributed by atoms with van der Waals surface area (Å²) >= 11 is 0. The number of para-hydroxylation sites is 1. The van der Waals surface area contributed by atoms with E-state index in [-0.39, 0.29) is 5.91 Å². The molecule has 0 bridgehead atoms. The number of benzene rings is 1. The van der Waals surface area contributed by atoms with Crippen LogP contribution in [0, 0.1) is 0 Å². The Morgan fingerprint density at radius 3 is 2.86 bits per heavy atom. The van der Waals surface area contributed by atoms with Crippen LogP contribution in [-0.2, 0) is 18.3 Å². The molecule has 7 nitrogen and oxygen atoms in total. The van der Waals surface area contributed by atoms with Crippen LogP contribution < -0.4 is 15.5 Å². The second-order valence-corrected chi connectivity index (χ2v) is 7.23. The Hall–Kier alpha value is -3.09. The second-order valence-electron chi connectivity index (χ2n) is 7.23. The SMILES string of the molecule is Cn1cc(CC(=O)NCCNc2cc(N3CCCC3)cnn2)c2ccccc21. The van der Waals surface area contributed by atoms with Gasteiger partial charge in [0.25, 0.3) is 0 Å². The normalized spacial score (nSPS) is 13.8.